The van der Waals surface area contributed by atoms with Gasteiger partial charge in [0, 0.05) is 5.41 Å². The third kappa shape index (κ3) is 1.64. The number of hydrogen-bond acceptors (Lipinski definition) is 2. The zero-order chi connectivity index (χ0) is 19.7. The van der Waals surface area contributed by atoms with Gasteiger partial charge in [-0.1, -0.05) is 32.6 Å². The minimum Gasteiger partial charge on any atom is -0.389 e. The summed E-state index contributed by atoms with van der Waals surface area (Å²) >= 11 is 0. The summed E-state index contributed by atoms with van der Waals surface area (Å²) in [7, 11) is 0. The average Bonchev–Trinajstić information content (AvgIpc) is 3.35. The van der Waals surface area contributed by atoms with Crippen LogP contribution >= 0.6 is 0 Å². The normalized spacial score (nSPS) is 65.6. The molecular formula is C26H38O2. The SMILES string of the molecule is C[C@H]1CC[C@]2(C)C3CC[C@@]4(C)C5(CC(C5)[C@@]4(C)C#CCO)C3[C@H]3C[C@H]3[C@]2(O)C1. The molecule has 7 saturated carbocycles. The Bertz CT molecular complexity index is 786. The van der Waals surface area contributed by atoms with Crippen LogP contribution in [0.25, 0.3) is 0 Å². The third-order valence-electron chi connectivity index (χ3n) is 12.3. The highest BCUT2D eigenvalue weighted by Crippen LogP contribution is 2.88. The van der Waals surface area contributed by atoms with Gasteiger partial charge in [0.1, 0.15) is 6.61 Å². The summed E-state index contributed by atoms with van der Waals surface area (Å²) < 4.78 is 0. The fraction of sp³-hybridized carbons (Fsp3) is 0.923. The zero-order valence-electron chi connectivity index (χ0n) is 18.2. The van der Waals surface area contributed by atoms with E-state index in [9.17, 15) is 10.2 Å². The van der Waals surface area contributed by atoms with E-state index in [1.54, 1.807) is 0 Å². The maximum absolute atomic E-state index is 12.0. The second-order valence-electron chi connectivity index (χ2n) is 12.6. The van der Waals surface area contributed by atoms with Gasteiger partial charge in [0.05, 0.1) is 5.60 Å². The monoisotopic (exact) mass is 382 g/mol. The van der Waals surface area contributed by atoms with Crippen molar-refractivity contribution in [2.45, 2.75) is 84.7 Å². The Labute approximate surface area is 170 Å². The Morgan fingerprint density at radius 2 is 1.75 bits per heavy atom. The van der Waals surface area contributed by atoms with Crippen molar-refractivity contribution in [3.8, 4) is 11.8 Å². The lowest BCUT2D eigenvalue weighted by molar-refractivity contribution is -0.242. The number of hydrogen-bond donors (Lipinski definition) is 2. The van der Waals surface area contributed by atoms with Crippen LogP contribution in [0.4, 0.5) is 0 Å². The molecule has 0 aromatic carbocycles. The molecule has 1 spiro atoms. The molecule has 7 fully saturated rings. The number of aliphatic hydroxyl groups is 2. The van der Waals surface area contributed by atoms with Crippen LogP contribution in [-0.4, -0.2) is 22.4 Å². The van der Waals surface area contributed by atoms with Crippen molar-refractivity contribution < 1.29 is 10.2 Å². The van der Waals surface area contributed by atoms with Gasteiger partial charge in [0.15, 0.2) is 0 Å². The second-order valence-corrected chi connectivity index (χ2v) is 12.6. The Balaban J connectivity index is 1.44. The number of aliphatic hydroxyl groups excluding tert-OH is 1. The van der Waals surface area contributed by atoms with Crippen LogP contribution in [-0.2, 0) is 0 Å². The Morgan fingerprint density at radius 1 is 1.00 bits per heavy atom. The molecule has 9 atom stereocenters. The van der Waals surface area contributed by atoms with E-state index in [4.69, 9.17) is 0 Å². The van der Waals surface area contributed by atoms with Gasteiger partial charge in [-0.05, 0) is 110 Å². The van der Waals surface area contributed by atoms with Crippen molar-refractivity contribution in [3.63, 3.8) is 0 Å². The van der Waals surface area contributed by atoms with E-state index in [1.807, 2.05) is 0 Å². The molecule has 7 aliphatic carbocycles. The molecule has 0 aliphatic heterocycles. The predicted octanol–water partition coefficient (Wildman–Crippen LogP) is 4.64. The van der Waals surface area contributed by atoms with Crippen molar-refractivity contribution in [3.05, 3.63) is 0 Å². The molecule has 2 nitrogen and oxygen atoms in total. The first-order chi connectivity index (χ1) is 13.2. The standard InChI is InChI=1S/C26H38O2/c1-16-6-9-23(3)19-7-10-24(4)22(2,8-5-11-27)17-14-25(24,15-17)21(19)18-12-20(18)26(23,28)13-16/h16-21,27-28H,6-7,9-15H2,1-4H3/t16-,17?,18-,19?,20+,21?,22+,23+,24+,25?,26+/m0/s1. The molecule has 0 saturated heterocycles. The van der Waals surface area contributed by atoms with Gasteiger partial charge < -0.3 is 10.2 Å². The molecule has 2 bridgehead atoms. The summed E-state index contributed by atoms with van der Waals surface area (Å²) in [5.74, 6) is 10.9. The Kier molecular flexibility index (Phi) is 3.28. The third-order valence-corrected chi connectivity index (χ3v) is 12.3. The van der Waals surface area contributed by atoms with Gasteiger partial charge >= 0.3 is 0 Å². The van der Waals surface area contributed by atoms with Gasteiger partial charge in [-0.25, -0.2) is 0 Å². The van der Waals surface area contributed by atoms with Gasteiger partial charge in [-0.3, -0.25) is 0 Å². The summed E-state index contributed by atoms with van der Waals surface area (Å²) in [4.78, 5) is 0. The van der Waals surface area contributed by atoms with Gasteiger partial charge in [-0.2, -0.15) is 0 Å². The molecular weight excluding hydrogens is 344 g/mol. The quantitative estimate of drug-likeness (QED) is 0.599. The number of rotatable bonds is 0. The highest BCUT2D eigenvalue weighted by atomic mass is 16.3. The fourth-order valence-corrected chi connectivity index (χ4v) is 10.6. The van der Waals surface area contributed by atoms with Crippen LogP contribution < -0.4 is 0 Å². The summed E-state index contributed by atoms with van der Waals surface area (Å²) in [6, 6.07) is 0. The summed E-state index contributed by atoms with van der Waals surface area (Å²) in [5.41, 5.74) is 0.531. The van der Waals surface area contributed by atoms with E-state index < -0.39 is 5.60 Å². The number of fused-ring (bicyclic) bond motifs is 6. The first kappa shape index (κ1) is 18.3. The molecule has 2 heteroatoms. The molecule has 2 N–H and O–H groups in total. The fourth-order valence-electron chi connectivity index (χ4n) is 10.6. The summed E-state index contributed by atoms with van der Waals surface area (Å²) in [5, 5.41) is 21.4. The Hall–Kier alpha value is -0.520. The van der Waals surface area contributed by atoms with E-state index in [2.05, 4.69) is 39.5 Å². The van der Waals surface area contributed by atoms with Crippen LogP contribution in [0, 0.1) is 69.0 Å². The zero-order valence-corrected chi connectivity index (χ0v) is 18.2. The van der Waals surface area contributed by atoms with Crippen LogP contribution in [0.1, 0.15) is 79.1 Å². The van der Waals surface area contributed by atoms with Crippen LogP contribution in [0.5, 0.6) is 0 Å². The van der Waals surface area contributed by atoms with E-state index in [1.165, 1.54) is 44.9 Å². The molecule has 0 radical (unpaired) electrons. The highest BCUT2D eigenvalue weighted by Gasteiger charge is 2.84. The van der Waals surface area contributed by atoms with E-state index in [-0.39, 0.29) is 22.9 Å². The Morgan fingerprint density at radius 3 is 2.46 bits per heavy atom. The average molecular weight is 383 g/mol. The highest BCUT2D eigenvalue weighted by molar-refractivity contribution is 5.37. The lowest BCUT2D eigenvalue weighted by Gasteiger charge is -2.68. The summed E-state index contributed by atoms with van der Waals surface area (Å²) in [6.45, 7) is 9.82. The van der Waals surface area contributed by atoms with Gasteiger partial charge in [0.2, 0.25) is 0 Å². The molecule has 2 unspecified atom stereocenters. The molecule has 0 aromatic heterocycles. The lowest BCUT2D eigenvalue weighted by Crippen LogP contribution is -2.66. The largest absolute Gasteiger partial charge is 0.389 e. The smallest absolute Gasteiger partial charge is 0.104 e. The molecule has 7 rings (SSSR count). The van der Waals surface area contributed by atoms with Gasteiger partial charge in [0.25, 0.3) is 0 Å². The second kappa shape index (κ2) is 5.03. The molecule has 154 valence electrons. The van der Waals surface area contributed by atoms with E-state index in [0.29, 0.717) is 29.1 Å². The van der Waals surface area contributed by atoms with Crippen LogP contribution in [0.3, 0.4) is 0 Å². The van der Waals surface area contributed by atoms with E-state index >= 15 is 0 Å². The van der Waals surface area contributed by atoms with Crippen molar-refractivity contribution >= 4 is 0 Å². The summed E-state index contributed by atoms with van der Waals surface area (Å²) in [6.07, 6.45) is 10.1. The first-order valence-electron chi connectivity index (χ1n) is 12.0. The molecule has 0 amide bonds. The van der Waals surface area contributed by atoms with Crippen molar-refractivity contribution in [1.82, 2.24) is 0 Å². The predicted molar refractivity (Wildman–Crippen MR) is 110 cm³/mol. The van der Waals surface area contributed by atoms with Crippen molar-refractivity contribution in [2.24, 2.45) is 57.2 Å². The molecule has 0 aromatic rings. The van der Waals surface area contributed by atoms with Crippen LogP contribution in [0.2, 0.25) is 0 Å². The molecule has 0 heterocycles. The maximum Gasteiger partial charge on any atom is 0.104 e. The van der Waals surface area contributed by atoms with E-state index in [0.717, 1.165) is 18.3 Å². The molecule has 28 heavy (non-hydrogen) atoms. The van der Waals surface area contributed by atoms with Crippen molar-refractivity contribution in [2.75, 3.05) is 6.61 Å². The molecule has 7 aliphatic rings. The lowest BCUT2D eigenvalue weighted by atomic mass is 9.37. The minimum atomic E-state index is -0.400. The van der Waals surface area contributed by atoms with Crippen LogP contribution in [0.15, 0.2) is 0 Å². The minimum absolute atomic E-state index is 0.00850. The van der Waals surface area contributed by atoms with Crippen molar-refractivity contribution in [1.29, 1.82) is 0 Å². The van der Waals surface area contributed by atoms with Gasteiger partial charge in [-0.15, -0.1) is 0 Å². The maximum atomic E-state index is 12.0. The topological polar surface area (TPSA) is 40.5 Å². The first-order valence-corrected chi connectivity index (χ1v) is 12.0.